The van der Waals surface area contributed by atoms with Crippen molar-refractivity contribution in [1.29, 1.82) is 5.26 Å². The van der Waals surface area contributed by atoms with Gasteiger partial charge in [0.15, 0.2) is 0 Å². The van der Waals surface area contributed by atoms with Crippen LogP contribution in [-0.2, 0) is 13.1 Å². The van der Waals surface area contributed by atoms with Crippen LogP contribution in [0.3, 0.4) is 0 Å². The molecule has 0 radical (unpaired) electrons. The zero-order valence-electron chi connectivity index (χ0n) is 12.5. The van der Waals surface area contributed by atoms with Gasteiger partial charge in [0.05, 0.1) is 36.0 Å². The van der Waals surface area contributed by atoms with E-state index < -0.39 is 5.91 Å². The molecule has 0 fully saturated rings. The lowest BCUT2D eigenvalue weighted by Crippen LogP contribution is -2.41. The van der Waals surface area contributed by atoms with Gasteiger partial charge in [0.2, 0.25) is 0 Å². The Kier molecular flexibility index (Phi) is 4.39. The van der Waals surface area contributed by atoms with Crippen LogP contribution in [0.1, 0.15) is 21.6 Å². The molecular formula is C15H13IN6O2. The second kappa shape index (κ2) is 6.48. The highest BCUT2D eigenvalue weighted by Gasteiger charge is 2.28. The molecule has 0 bridgehead atoms. The monoisotopic (exact) mass is 436 g/mol. The molecule has 2 aromatic rings. The molecule has 0 saturated carbocycles. The Morgan fingerprint density at radius 3 is 2.62 bits per heavy atom. The van der Waals surface area contributed by atoms with Crippen LogP contribution in [0.25, 0.3) is 0 Å². The second-order valence-electron chi connectivity index (χ2n) is 5.24. The van der Waals surface area contributed by atoms with Crippen LogP contribution in [0.4, 0.5) is 10.5 Å². The van der Waals surface area contributed by atoms with Crippen LogP contribution in [0.15, 0.2) is 24.3 Å². The number of carbonyl (C=O) groups excluding carboxylic acids is 2. The van der Waals surface area contributed by atoms with Gasteiger partial charge in [-0.3, -0.25) is 9.48 Å². The van der Waals surface area contributed by atoms with Crippen LogP contribution in [0, 0.1) is 15.0 Å². The van der Waals surface area contributed by atoms with Crippen molar-refractivity contribution in [2.75, 3.05) is 11.9 Å². The summed E-state index contributed by atoms with van der Waals surface area (Å²) in [7, 11) is 0. The smallest absolute Gasteiger partial charge is 0.322 e. The summed E-state index contributed by atoms with van der Waals surface area (Å²) < 4.78 is 2.26. The van der Waals surface area contributed by atoms with Gasteiger partial charge in [-0.2, -0.15) is 10.4 Å². The summed E-state index contributed by atoms with van der Waals surface area (Å²) in [6, 6.07) is 8.35. The van der Waals surface area contributed by atoms with Gasteiger partial charge < -0.3 is 16.0 Å². The molecule has 1 aliphatic rings. The van der Waals surface area contributed by atoms with Crippen molar-refractivity contribution in [3.05, 3.63) is 44.8 Å². The Balaban J connectivity index is 1.76. The van der Waals surface area contributed by atoms with Gasteiger partial charge in [-0.25, -0.2) is 4.79 Å². The summed E-state index contributed by atoms with van der Waals surface area (Å²) in [6.07, 6.45) is 0. The topological polar surface area (TPSA) is 117 Å². The number of rotatable bonds is 2. The lowest BCUT2D eigenvalue weighted by Gasteiger charge is -2.28. The standard InChI is InChI=1S/C15H13IN6O2/c16-13-12(14(18)23)11-8-21(5-6-22(11)20-13)15(24)19-10-3-1-9(7-17)2-4-10/h1-4H,5-6,8H2,(H2,18,23)(H,19,24). The van der Waals surface area contributed by atoms with E-state index in [-0.39, 0.29) is 12.6 Å². The molecule has 0 atom stereocenters. The molecule has 0 unspecified atom stereocenters. The lowest BCUT2D eigenvalue weighted by molar-refractivity contribution is 0.0996. The number of benzene rings is 1. The molecule has 3 amide bonds. The number of halogens is 1. The lowest BCUT2D eigenvalue weighted by atomic mass is 10.2. The average molecular weight is 436 g/mol. The van der Waals surface area contributed by atoms with E-state index in [0.29, 0.717) is 39.3 Å². The summed E-state index contributed by atoms with van der Waals surface area (Å²) in [5.74, 6) is -0.546. The minimum atomic E-state index is -0.546. The van der Waals surface area contributed by atoms with Crippen LogP contribution in [0.5, 0.6) is 0 Å². The van der Waals surface area contributed by atoms with Gasteiger partial charge in [-0.05, 0) is 46.9 Å². The fourth-order valence-corrected chi connectivity index (χ4v) is 3.37. The number of anilines is 1. The molecule has 3 N–H and O–H groups in total. The fourth-order valence-electron chi connectivity index (χ4n) is 2.53. The molecule has 3 rings (SSSR count). The SMILES string of the molecule is N#Cc1ccc(NC(=O)N2CCn3nc(I)c(C(N)=O)c3C2)cc1. The Bertz CT molecular complexity index is 852. The van der Waals surface area contributed by atoms with Crippen LogP contribution >= 0.6 is 22.6 Å². The number of nitrogens with two attached hydrogens (primary N) is 1. The van der Waals surface area contributed by atoms with Crippen molar-refractivity contribution in [2.45, 2.75) is 13.1 Å². The summed E-state index contributed by atoms with van der Waals surface area (Å²) >= 11 is 1.97. The summed E-state index contributed by atoms with van der Waals surface area (Å²) in [6.45, 7) is 1.24. The van der Waals surface area contributed by atoms with E-state index in [1.54, 1.807) is 33.8 Å². The Labute approximate surface area is 151 Å². The number of amides is 3. The highest BCUT2D eigenvalue weighted by atomic mass is 127. The third kappa shape index (κ3) is 3.05. The van der Waals surface area contributed by atoms with Crippen molar-refractivity contribution in [3.8, 4) is 6.07 Å². The van der Waals surface area contributed by atoms with E-state index in [4.69, 9.17) is 11.0 Å². The van der Waals surface area contributed by atoms with E-state index in [1.807, 2.05) is 28.7 Å². The Hall–Kier alpha value is -2.61. The molecule has 9 heteroatoms. The maximum absolute atomic E-state index is 12.4. The van der Waals surface area contributed by atoms with Crippen molar-refractivity contribution in [1.82, 2.24) is 14.7 Å². The third-order valence-electron chi connectivity index (χ3n) is 3.74. The number of fused-ring (bicyclic) bond motifs is 1. The highest BCUT2D eigenvalue weighted by molar-refractivity contribution is 14.1. The zero-order valence-corrected chi connectivity index (χ0v) is 14.6. The largest absolute Gasteiger partial charge is 0.365 e. The van der Waals surface area contributed by atoms with E-state index >= 15 is 0 Å². The minimum absolute atomic E-state index is 0.260. The van der Waals surface area contributed by atoms with Crippen molar-refractivity contribution in [3.63, 3.8) is 0 Å². The molecule has 1 aromatic heterocycles. The maximum Gasteiger partial charge on any atom is 0.322 e. The van der Waals surface area contributed by atoms with Crippen molar-refractivity contribution < 1.29 is 9.59 Å². The first kappa shape index (κ1) is 16.3. The number of carbonyl (C=O) groups is 2. The zero-order chi connectivity index (χ0) is 17.3. The fraction of sp³-hybridized carbons (Fsp3) is 0.200. The first-order valence-electron chi connectivity index (χ1n) is 7.10. The molecule has 8 nitrogen and oxygen atoms in total. The molecule has 0 spiro atoms. The quantitative estimate of drug-likeness (QED) is 0.694. The number of hydrogen-bond donors (Lipinski definition) is 2. The molecule has 24 heavy (non-hydrogen) atoms. The molecular weight excluding hydrogens is 423 g/mol. The van der Waals surface area contributed by atoms with Gasteiger partial charge in [0.1, 0.15) is 3.70 Å². The van der Waals surface area contributed by atoms with Gasteiger partial charge in [-0.15, -0.1) is 0 Å². The van der Waals surface area contributed by atoms with Crippen molar-refractivity contribution in [2.24, 2.45) is 5.73 Å². The Morgan fingerprint density at radius 2 is 2.00 bits per heavy atom. The molecule has 2 heterocycles. The van der Waals surface area contributed by atoms with Crippen LogP contribution in [-0.4, -0.2) is 33.2 Å². The molecule has 0 saturated heterocycles. The molecule has 122 valence electrons. The third-order valence-corrected chi connectivity index (χ3v) is 4.49. The van der Waals surface area contributed by atoms with Gasteiger partial charge in [-0.1, -0.05) is 0 Å². The van der Waals surface area contributed by atoms with Gasteiger partial charge in [0.25, 0.3) is 5.91 Å². The number of nitrogens with one attached hydrogen (secondary N) is 1. The number of nitrogens with zero attached hydrogens (tertiary/aromatic N) is 4. The first-order chi connectivity index (χ1) is 11.5. The maximum atomic E-state index is 12.4. The van der Waals surface area contributed by atoms with Crippen LogP contribution in [0.2, 0.25) is 0 Å². The first-order valence-corrected chi connectivity index (χ1v) is 8.18. The van der Waals surface area contributed by atoms with E-state index in [9.17, 15) is 9.59 Å². The number of primary amides is 1. The highest BCUT2D eigenvalue weighted by Crippen LogP contribution is 2.22. The molecule has 1 aliphatic heterocycles. The number of hydrogen-bond acceptors (Lipinski definition) is 4. The molecule has 1 aromatic carbocycles. The molecule has 0 aliphatic carbocycles. The van der Waals surface area contributed by atoms with Crippen molar-refractivity contribution >= 4 is 40.2 Å². The summed E-state index contributed by atoms with van der Waals surface area (Å²) in [5, 5.41) is 15.8. The second-order valence-corrected chi connectivity index (χ2v) is 6.26. The van der Waals surface area contributed by atoms with E-state index in [2.05, 4.69) is 10.4 Å². The van der Waals surface area contributed by atoms with E-state index in [0.717, 1.165) is 0 Å². The number of nitriles is 1. The predicted molar refractivity (Wildman–Crippen MR) is 94.0 cm³/mol. The summed E-state index contributed by atoms with van der Waals surface area (Å²) in [5.41, 5.74) is 7.55. The normalized spacial score (nSPS) is 13.1. The Morgan fingerprint density at radius 1 is 1.29 bits per heavy atom. The summed E-state index contributed by atoms with van der Waals surface area (Å²) in [4.78, 5) is 25.6. The minimum Gasteiger partial charge on any atom is -0.365 e. The van der Waals surface area contributed by atoms with Gasteiger partial charge >= 0.3 is 6.03 Å². The van der Waals surface area contributed by atoms with Crippen LogP contribution < -0.4 is 11.1 Å². The predicted octanol–water partition coefficient (Wildman–Crippen LogP) is 1.51. The number of aromatic nitrogens is 2. The average Bonchev–Trinajstić information content (AvgIpc) is 2.90. The number of urea groups is 1. The van der Waals surface area contributed by atoms with Gasteiger partial charge in [0, 0.05) is 12.2 Å². The van der Waals surface area contributed by atoms with E-state index in [1.165, 1.54) is 0 Å².